The summed E-state index contributed by atoms with van der Waals surface area (Å²) in [5.41, 5.74) is 4.28. The van der Waals surface area contributed by atoms with E-state index in [0.29, 0.717) is 5.56 Å². The molecule has 10 nitrogen and oxygen atoms in total. The molecule has 5 rings (SSSR count). The van der Waals surface area contributed by atoms with E-state index >= 15 is 4.39 Å². The predicted molar refractivity (Wildman–Crippen MR) is 131 cm³/mol. The fraction of sp³-hybridized carbons (Fsp3) is 0.240. The van der Waals surface area contributed by atoms with Crippen molar-refractivity contribution in [2.24, 2.45) is 0 Å². The molecule has 3 heterocycles. The molecule has 0 radical (unpaired) electrons. The normalized spacial score (nSPS) is 23.3. The van der Waals surface area contributed by atoms with E-state index < -0.39 is 35.9 Å². The number of hydrogen-bond donors (Lipinski definition) is 2. The highest BCUT2D eigenvalue weighted by Crippen LogP contribution is 2.52. The summed E-state index contributed by atoms with van der Waals surface area (Å²) < 4.78 is 29.8. The molecular formula is C25H21ClFN5O5. The molecule has 4 aromatic rings. The van der Waals surface area contributed by atoms with Gasteiger partial charge >= 0.3 is 11.9 Å². The second-order valence-electron chi connectivity index (χ2n) is 8.71. The average molecular weight is 526 g/mol. The average Bonchev–Trinajstić information content (AvgIpc) is 3.40. The fourth-order valence-electron chi connectivity index (χ4n) is 4.72. The van der Waals surface area contributed by atoms with E-state index in [-0.39, 0.29) is 40.0 Å². The lowest BCUT2D eigenvalue weighted by molar-refractivity contribution is -0.0601. The molecule has 12 heteroatoms. The summed E-state index contributed by atoms with van der Waals surface area (Å²) in [5, 5.41) is 9.78. The summed E-state index contributed by atoms with van der Waals surface area (Å²) in [6.07, 6.45) is -1.10. The summed E-state index contributed by atoms with van der Waals surface area (Å²) in [6.45, 7) is 0.949. The number of carbonyl (C=O) groups excluding carboxylic acids is 1. The summed E-state index contributed by atoms with van der Waals surface area (Å²) in [7, 11) is 0. The molecular weight excluding hydrogens is 505 g/mol. The van der Waals surface area contributed by atoms with Crippen LogP contribution in [0.4, 0.5) is 10.3 Å². The van der Waals surface area contributed by atoms with E-state index in [1.54, 1.807) is 42.5 Å². The lowest BCUT2D eigenvalue weighted by Gasteiger charge is -2.29. The van der Waals surface area contributed by atoms with Gasteiger partial charge in [0.2, 0.25) is 5.95 Å². The van der Waals surface area contributed by atoms with Crippen LogP contribution >= 0.6 is 11.6 Å². The van der Waals surface area contributed by atoms with Crippen LogP contribution in [0.2, 0.25) is 5.15 Å². The van der Waals surface area contributed by atoms with Crippen LogP contribution in [-0.2, 0) is 9.47 Å². The Morgan fingerprint density at radius 2 is 1.89 bits per heavy atom. The van der Waals surface area contributed by atoms with E-state index in [4.69, 9.17) is 26.8 Å². The number of carboxylic acid groups (broad SMARTS) is 1. The molecule has 0 amide bonds. The van der Waals surface area contributed by atoms with Crippen molar-refractivity contribution >= 4 is 40.7 Å². The van der Waals surface area contributed by atoms with Gasteiger partial charge < -0.3 is 20.3 Å². The minimum absolute atomic E-state index is 0.0130. The number of nitrogen functional groups attached to an aromatic ring is 1. The maximum absolute atomic E-state index is 16.8. The van der Waals surface area contributed by atoms with Gasteiger partial charge in [0.15, 0.2) is 22.7 Å². The van der Waals surface area contributed by atoms with Crippen LogP contribution in [0.15, 0.2) is 60.9 Å². The zero-order valence-electron chi connectivity index (χ0n) is 19.4. The number of fused-ring (bicyclic) bond motifs is 1. The van der Waals surface area contributed by atoms with Crippen LogP contribution in [0.5, 0.6) is 0 Å². The minimum Gasteiger partial charge on any atom is -0.478 e. The van der Waals surface area contributed by atoms with Gasteiger partial charge in [-0.2, -0.15) is 9.97 Å². The third-order valence-corrected chi connectivity index (χ3v) is 6.59. The molecule has 37 heavy (non-hydrogen) atoms. The van der Waals surface area contributed by atoms with Crippen LogP contribution in [0.1, 0.15) is 45.3 Å². The van der Waals surface area contributed by atoms with Gasteiger partial charge in [-0.3, -0.25) is 4.57 Å². The summed E-state index contributed by atoms with van der Waals surface area (Å²) in [4.78, 5) is 36.8. The lowest BCUT2D eigenvalue weighted by atomic mass is 9.80. The van der Waals surface area contributed by atoms with Gasteiger partial charge in [0.1, 0.15) is 18.2 Å². The highest BCUT2D eigenvalue weighted by Gasteiger charge is 2.57. The topological polar surface area (TPSA) is 142 Å². The molecule has 2 aromatic heterocycles. The van der Waals surface area contributed by atoms with E-state index in [9.17, 15) is 14.7 Å². The Hall–Kier alpha value is -4.09. The third-order valence-electron chi connectivity index (χ3n) is 6.33. The van der Waals surface area contributed by atoms with Crippen molar-refractivity contribution in [3.63, 3.8) is 0 Å². The van der Waals surface area contributed by atoms with E-state index in [0.717, 1.165) is 0 Å². The molecule has 1 aliphatic rings. The maximum atomic E-state index is 16.8. The first-order valence-electron chi connectivity index (χ1n) is 11.2. The van der Waals surface area contributed by atoms with Crippen LogP contribution in [0, 0.1) is 0 Å². The van der Waals surface area contributed by atoms with Crippen LogP contribution in [0.3, 0.4) is 0 Å². The number of imidazole rings is 1. The highest BCUT2D eigenvalue weighted by molar-refractivity contribution is 6.33. The van der Waals surface area contributed by atoms with Crippen molar-refractivity contribution in [1.82, 2.24) is 19.5 Å². The van der Waals surface area contributed by atoms with Crippen molar-refractivity contribution in [1.29, 1.82) is 0 Å². The number of esters is 1. The monoisotopic (exact) mass is 525 g/mol. The molecule has 1 aliphatic heterocycles. The number of carbonyl (C=O) groups is 2. The van der Waals surface area contributed by atoms with Gasteiger partial charge in [-0.1, -0.05) is 48.0 Å². The van der Waals surface area contributed by atoms with Gasteiger partial charge in [-0.15, -0.1) is 0 Å². The lowest BCUT2D eigenvalue weighted by Crippen LogP contribution is -2.35. The Morgan fingerprint density at radius 3 is 2.62 bits per heavy atom. The van der Waals surface area contributed by atoms with Gasteiger partial charge in [-0.25, -0.2) is 19.0 Å². The van der Waals surface area contributed by atoms with Gasteiger partial charge in [-0.05, 0) is 30.7 Å². The number of carboxylic acids is 1. The number of benzene rings is 2. The smallest absolute Gasteiger partial charge is 0.338 e. The molecule has 0 spiro atoms. The molecule has 4 atom stereocenters. The molecule has 190 valence electrons. The number of rotatable bonds is 6. The van der Waals surface area contributed by atoms with Crippen molar-refractivity contribution in [2.45, 2.75) is 30.8 Å². The molecule has 0 saturated carbocycles. The van der Waals surface area contributed by atoms with E-state index in [1.165, 1.54) is 30.0 Å². The molecule has 0 aliphatic carbocycles. The Balaban J connectivity index is 1.57. The Bertz CT molecular complexity index is 1500. The van der Waals surface area contributed by atoms with E-state index in [1.807, 2.05) is 0 Å². The minimum atomic E-state index is -2.21. The Morgan fingerprint density at radius 1 is 1.19 bits per heavy atom. The van der Waals surface area contributed by atoms with E-state index in [2.05, 4.69) is 15.0 Å². The Labute approximate surface area is 214 Å². The van der Waals surface area contributed by atoms with Crippen molar-refractivity contribution in [2.75, 3.05) is 12.3 Å². The fourth-order valence-corrected chi connectivity index (χ4v) is 4.94. The molecule has 1 saturated heterocycles. The van der Waals surface area contributed by atoms with Crippen molar-refractivity contribution in [3.05, 3.63) is 82.8 Å². The van der Waals surface area contributed by atoms with Crippen molar-refractivity contribution < 1.29 is 28.6 Å². The number of halogens is 2. The molecule has 1 fully saturated rings. The first kappa shape index (κ1) is 24.6. The second-order valence-corrected chi connectivity index (χ2v) is 9.07. The number of nitrogens with two attached hydrogens (primary N) is 1. The van der Waals surface area contributed by atoms with Gasteiger partial charge in [0.25, 0.3) is 0 Å². The third kappa shape index (κ3) is 4.36. The maximum Gasteiger partial charge on any atom is 0.338 e. The number of aromatic nitrogens is 4. The molecule has 0 unspecified atom stereocenters. The summed E-state index contributed by atoms with van der Waals surface area (Å²) >= 11 is 6.14. The first-order chi connectivity index (χ1) is 17.7. The summed E-state index contributed by atoms with van der Waals surface area (Å²) in [6, 6.07) is 14.4. The summed E-state index contributed by atoms with van der Waals surface area (Å²) in [5.74, 6) is -3.13. The predicted octanol–water partition coefficient (Wildman–Crippen LogP) is 4.03. The van der Waals surface area contributed by atoms with Gasteiger partial charge in [0, 0.05) is 0 Å². The first-order valence-corrected chi connectivity index (χ1v) is 11.6. The SMILES string of the molecule is C[C@@]1(F)[C@H](c2ccccc2C(=O)O)[C@H](COC(=O)c2ccccc2)O[C@H]1n1cnc2c(Cl)nc(N)nc21. The largest absolute Gasteiger partial charge is 0.478 e. The number of nitrogens with zero attached hydrogens (tertiary/aromatic N) is 4. The number of hydrogen-bond acceptors (Lipinski definition) is 8. The molecule has 2 aromatic carbocycles. The molecule has 3 N–H and O–H groups in total. The zero-order chi connectivity index (χ0) is 26.3. The quantitative estimate of drug-likeness (QED) is 0.282. The Kier molecular flexibility index (Phi) is 6.26. The number of aromatic carboxylic acids is 1. The number of alkyl halides is 1. The van der Waals surface area contributed by atoms with Crippen LogP contribution in [0.25, 0.3) is 11.2 Å². The zero-order valence-corrected chi connectivity index (χ0v) is 20.2. The van der Waals surface area contributed by atoms with Crippen molar-refractivity contribution in [3.8, 4) is 0 Å². The number of anilines is 1. The van der Waals surface area contributed by atoms with Crippen LogP contribution < -0.4 is 5.73 Å². The standard InChI is InChI=1S/C25H21ClFN5O5/c1-25(27)17(14-9-5-6-10-15(14)21(33)34)16(11-36-22(35)13-7-3-2-4-8-13)37-23(25)32-12-29-18-19(26)30-24(28)31-20(18)32/h2-10,12,16-17,23H,11H2,1H3,(H,33,34)(H2,28,30,31)/t16-,17+,23+,25+/m0/s1. The number of ether oxygens (including phenoxy) is 2. The second kappa shape index (κ2) is 9.41. The molecule has 0 bridgehead atoms. The highest BCUT2D eigenvalue weighted by atomic mass is 35.5. The van der Waals surface area contributed by atoms with Gasteiger partial charge in [0.05, 0.1) is 23.4 Å². The van der Waals surface area contributed by atoms with Crippen LogP contribution in [-0.4, -0.2) is 54.9 Å².